The lowest BCUT2D eigenvalue weighted by atomic mass is 9.90. The Morgan fingerprint density at radius 1 is 1.13 bits per heavy atom. The maximum Gasteiger partial charge on any atom is 0.173 e. The van der Waals surface area contributed by atoms with Gasteiger partial charge in [0.05, 0.1) is 17.5 Å². The molecule has 1 unspecified atom stereocenters. The van der Waals surface area contributed by atoms with Crippen molar-refractivity contribution >= 4 is 29.0 Å². The number of nitrogens with zero attached hydrogens (tertiary/aromatic N) is 3. The molecule has 0 aliphatic carbocycles. The third-order valence-electron chi connectivity index (χ3n) is 3.55. The molecule has 0 fully saturated rings. The Morgan fingerprint density at radius 2 is 1.91 bits per heavy atom. The van der Waals surface area contributed by atoms with Crippen molar-refractivity contribution in [1.82, 2.24) is 14.8 Å². The molecule has 0 aliphatic heterocycles. The molecule has 0 aliphatic rings. The summed E-state index contributed by atoms with van der Waals surface area (Å²) in [6.07, 6.45) is 3.04. The van der Waals surface area contributed by atoms with E-state index in [9.17, 15) is 4.79 Å². The highest BCUT2D eigenvalue weighted by molar-refractivity contribution is 6.37. The lowest BCUT2D eigenvalue weighted by molar-refractivity contribution is 0.0949. The number of Topliss-reactive ketones (excluding diaryl/α,β-unsaturated/α-hetero) is 1. The molecule has 0 spiro atoms. The molecule has 0 saturated heterocycles. The van der Waals surface area contributed by atoms with Gasteiger partial charge in [-0.3, -0.25) is 9.48 Å². The molecule has 0 radical (unpaired) electrons. The molecule has 3 rings (SSSR count). The van der Waals surface area contributed by atoms with E-state index in [2.05, 4.69) is 10.1 Å². The van der Waals surface area contributed by atoms with Crippen molar-refractivity contribution in [2.75, 3.05) is 0 Å². The van der Waals surface area contributed by atoms with Crippen LogP contribution in [0.4, 0.5) is 0 Å². The first-order valence-electron chi connectivity index (χ1n) is 7.02. The number of rotatable bonds is 5. The van der Waals surface area contributed by atoms with Crippen molar-refractivity contribution in [2.24, 2.45) is 0 Å². The van der Waals surface area contributed by atoms with Gasteiger partial charge in [-0.15, -0.1) is 0 Å². The Kier molecular flexibility index (Phi) is 4.74. The molecule has 1 atom stereocenters. The summed E-state index contributed by atoms with van der Waals surface area (Å²) < 4.78 is 1.64. The van der Waals surface area contributed by atoms with E-state index in [4.69, 9.17) is 23.2 Å². The van der Waals surface area contributed by atoms with Crippen LogP contribution < -0.4 is 0 Å². The van der Waals surface area contributed by atoms with Gasteiger partial charge >= 0.3 is 0 Å². The lowest BCUT2D eigenvalue weighted by Gasteiger charge is -2.17. The molecule has 0 saturated carbocycles. The molecule has 1 heterocycles. The van der Waals surface area contributed by atoms with Crippen molar-refractivity contribution in [3.8, 4) is 0 Å². The van der Waals surface area contributed by atoms with Crippen LogP contribution in [0.2, 0.25) is 10.0 Å². The monoisotopic (exact) mass is 345 g/mol. The van der Waals surface area contributed by atoms with E-state index in [1.54, 1.807) is 29.2 Å². The third-order valence-corrected chi connectivity index (χ3v) is 4.10. The normalized spacial score (nSPS) is 12.1. The lowest BCUT2D eigenvalue weighted by Crippen LogP contribution is -2.19. The van der Waals surface area contributed by atoms with Gasteiger partial charge in [-0.1, -0.05) is 53.5 Å². The predicted molar refractivity (Wildman–Crippen MR) is 90.0 cm³/mol. The average molecular weight is 346 g/mol. The molecule has 2 aromatic carbocycles. The standard InChI is InChI=1S/C17H13Cl2N3O/c18-13-6-7-14(16(19)8-13)17(23)15(9-22-11-20-10-21-22)12-4-2-1-3-5-12/h1-8,10-11,15H,9H2. The highest BCUT2D eigenvalue weighted by Gasteiger charge is 2.24. The van der Waals surface area contributed by atoms with E-state index in [1.165, 1.54) is 6.33 Å². The summed E-state index contributed by atoms with van der Waals surface area (Å²) in [5.74, 6) is -0.482. The number of carbonyl (C=O) groups is 1. The van der Waals surface area contributed by atoms with Crippen LogP contribution in [0.25, 0.3) is 0 Å². The van der Waals surface area contributed by atoms with Crippen LogP contribution in [0.15, 0.2) is 61.2 Å². The zero-order valence-electron chi connectivity index (χ0n) is 12.1. The fourth-order valence-electron chi connectivity index (χ4n) is 2.42. The van der Waals surface area contributed by atoms with E-state index in [1.807, 2.05) is 30.3 Å². The quantitative estimate of drug-likeness (QED) is 0.649. The van der Waals surface area contributed by atoms with Crippen LogP contribution in [0.5, 0.6) is 0 Å². The Hall–Kier alpha value is -2.17. The van der Waals surface area contributed by atoms with Crippen LogP contribution in [-0.4, -0.2) is 20.5 Å². The second-order valence-electron chi connectivity index (χ2n) is 5.07. The Bertz CT molecular complexity index is 804. The number of benzene rings is 2. The molecule has 4 nitrogen and oxygen atoms in total. The number of hydrogen-bond donors (Lipinski definition) is 0. The maximum absolute atomic E-state index is 13.0. The largest absolute Gasteiger partial charge is 0.293 e. The summed E-state index contributed by atoms with van der Waals surface area (Å²) >= 11 is 12.1. The first kappa shape index (κ1) is 15.7. The maximum atomic E-state index is 13.0. The van der Waals surface area contributed by atoms with Crippen LogP contribution in [0, 0.1) is 0 Å². The molecular formula is C17H13Cl2N3O. The first-order valence-corrected chi connectivity index (χ1v) is 7.77. The van der Waals surface area contributed by atoms with Gasteiger partial charge in [0, 0.05) is 10.6 Å². The highest BCUT2D eigenvalue weighted by atomic mass is 35.5. The molecular weight excluding hydrogens is 333 g/mol. The van der Waals surface area contributed by atoms with E-state index in [0.717, 1.165) is 5.56 Å². The van der Waals surface area contributed by atoms with Gasteiger partial charge in [0.1, 0.15) is 12.7 Å². The topological polar surface area (TPSA) is 47.8 Å². The summed E-state index contributed by atoms with van der Waals surface area (Å²) in [4.78, 5) is 16.9. The van der Waals surface area contributed by atoms with Gasteiger partial charge in [0.2, 0.25) is 0 Å². The zero-order chi connectivity index (χ0) is 16.2. The molecule has 0 N–H and O–H groups in total. The van der Waals surface area contributed by atoms with Crippen LogP contribution in [0.3, 0.4) is 0 Å². The highest BCUT2D eigenvalue weighted by Crippen LogP contribution is 2.28. The van der Waals surface area contributed by atoms with Gasteiger partial charge in [-0.25, -0.2) is 4.98 Å². The molecule has 6 heteroatoms. The van der Waals surface area contributed by atoms with E-state index in [-0.39, 0.29) is 5.78 Å². The summed E-state index contributed by atoms with van der Waals surface area (Å²) in [6, 6.07) is 14.5. The van der Waals surface area contributed by atoms with E-state index < -0.39 is 5.92 Å². The van der Waals surface area contributed by atoms with Crippen LogP contribution in [-0.2, 0) is 6.54 Å². The van der Waals surface area contributed by atoms with E-state index >= 15 is 0 Å². The minimum absolute atomic E-state index is 0.0756. The second-order valence-corrected chi connectivity index (χ2v) is 5.91. The minimum Gasteiger partial charge on any atom is -0.293 e. The van der Waals surface area contributed by atoms with Crippen molar-refractivity contribution in [2.45, 2.75) is 12.5 Å². The first-order chi connectivity index (χ1) is 11.1. The summed E-state index contributed by atoms with van der Waals surface area (Å²) in [7, 11) is 0. The van der Waals surface area contributed by atoms with Crippen molar-refractivity contribution < 1.29 is 4.79 Å². The fourth-order valence-corrected chi connectivity index (χ4v) is 2.92. The Morgan fingerprint density at radius 3 is 2.57 bits per heavy atom. The van der Waals surface area contributed by atoms with Gasteiger partial charge in [-0.05, 0) is 23.8 Å². The number of aromatic nitrogens is 3. The van der Waals surface area contributed by atoms with Gasteiger partial charge in [0.25, 0.3) is 0 Å². The van der Waals surface area contributed by atoms with E-state index in [0.29, 0.717) is 22.2 Å². The number of hydrogen-bond acceptors (Lipinski definition) is 3. The van der Waals surface area contributed by atoms with Crippen molar-refractivity contribution in [3.05, 3.63) is 82.4 Å². The third kappa shape index (κ3) is 3.60. The number of halogens is 2. The summed E-state index contributed by atoms with van der Waals surface area (Å²) in [5.41, 5.74) is 1.35. The molecule has 0 bridgehead atoms. The minimum atomic E-state index is -0.406. The van der Waals surface area contributed by atoms with Crippen molar-refractivity contribution in [3.63, 3.8) is 0 Å². The van der Waals surface area contributed by atoms with Gasteiger partial charge in [-0.2, -0.15) is 5.10 Å². The SMILES string of the molecule is O=C(c1ccc(Cl)cc1Cl)C(Cn1cncn1)c1ccccc1. The van der Waals surface area contributed by atoms with Gasteiger partial charge in [0.15, 0.2) is 5.78 Å². The molecule has 23 heavy (non-hydrogen) atoms. The smallest absolute Gasteiger partial charge is 0.173 e. The zero-order valence-corrected chi connectivity index (χ0v) is 13.6. The predicted octanol–water partition coefficient (Wildman–Crippen LogP) is 4.25. The van der Waals surface area contributed by atoms with Crippen molar-refractivity contribution in [1.29, 1.82) is 0 Å². The number of carbonyl (C=O) groups excluding carboxylic acids is 1. The second kappa shape index (κ2) is 6.94. The molecule has 116 valence electrons. The molecule has 3 aromatic rings. The van der Waals surface area contributed by atoms with Crippen LogP contribution >= 0.6 is 23.2 Å². The Balaban J connectivity index is 1.98. The van der Waals surface area contributed by atoms with Gasteiger partial charge < -0.3 is 0 Å². The number of ketones is 1. The average Bonchev–Trinajstić information content (AvgIpc) is 3.06. The fraction of sp³-hybridized carbons (Fsp3) is 0.118. The summed E-state index contributed by atoms with van der Waals surface area (Å²) in [6.45, 7) is 0.391. The molecule has 1 aromatic heterocycles. The molecule has 0 amide bonds. The van der Waals surface area contributed by atoms with Crippen LogP contribution in [0.1, 0.15) is 21.8 Å². The Labute approximate surface area is 143 Å². The summed E-state index contributed by atoms with van der Waals surface area (Å²) in [5, 5.41) is 4.94.